The first-order valence-corrected chi connectivity index (χ1v) is 12.8. The lowest BCUT2D eigenvalue weighted by atomic mass is 9.71. The quantitative estimate of drug-likeness (QED) is 0.476. The molecule has 1 amide bonds. The Hall–Kier alpha value is -2.21. The average molecular weight is 452 g/mol. The Labute approximate surface area is 198 Å². The first-order chi connectivity index (χ1) is 15.7. The second kappa shape index (κ2) is 9.96. The van der Waals surface area contributed by atoms with E-state index in [9.17, 15) is 4.79 Å². The third-order valence-electron chi connectivity index (χ3n) is 6.96. The minimum atomic E-state index is -0.149. The van der Waals surface area contributed by atoms with Crippen molar-refractivity contribution in [3.63, 3.8) is 0 Å². The molecular weight excluding hydrogens is 410 g/mol. The molecule has 1 aromatic heterocycles. The van der Waals surface area contributed by atoms with Gasteiger partial charge in [0, 0.05) is 30.1 Å². The minimum Gasteiger partial charge on any atom is -0.326 e. The van der Waals surface area contributed by atoms with E-state index in [1.165, 1.54) is 37.7 Å². The van der Waals surface area contributed by atoms with Gasteiger partial charge in [0.25, 0.3) is 0 Å². The number of carbonyl (C=O) groups excluding carboxylic acids is 1. The van der Waals surface area contributed by atoms with Gasteiger partial charge in [-0.25, -0.2) is 0 Å². The van der Waals surface area contributed by atoms with Crippen molar-refractivity contribution in [3.05, 3.63) is 41.0 Å². The van der Waals surface area contributed by atoms with E-state index in [0.717, 1.165) is 34.7 Å². The maximum Gasteiger partial charge on any atom is 0.226 e. The van der Waals surface area contributed by atoms with Gasteiger partial charge in [-0.3, -0.25) is 4.79 Å². The number of aromatic nitrogens is 3. The maximum atomic E-state index is 13.1. The van der Waals surface area contributed by atoms with Crippen LogP contribution >= 0.6 is 0 Å². The Morgan fingerprint density at radius 3 is 2.45 bits per heavy atom. The third kappa shape index (κ3) is 5.84. The van der Waals surface area contributed by atoms with Crippen LogP contribution < -0.4 is 10.6 Å². The molecule has 1 aromatic carbocycles. The summed E-state index contributed by atoms with van der Waals surface area (Å²) >= 11 is 0. The van der Waals surface area contributed by atoms with Gasteiger partial charge in [-0.15, -0.1) is 10.2 Å². The van der Waals surface area contributed by atoms with Crippen molar-refractivity contribution in [2.24, 2.45) is 11.8 Å². The highest BCUT2D eigenvalue weighted by Crippen LogP contribution is 2.47. The van der Waals surface area contributed by atoms with Crippen LogP contribution in [-0.2, 0) is 4.79 Å². The van der Waals surface area contributed by atoms with Crippen LogP contribution in [0.25, 0.3) is 0 Å². The Balaban J connectivity index is 1.51. The zero-order valence-electron chi connectivity index (χ0n) is 21.2. The van der Waals surface area contributed by atoms with Gasteiger partial charge >= 0.3 is 0 Å². The van der Waals surface area contributed by atoms with Gasteiger partial charge in [0.05, 0.1) is 6.04 Å². The Morgan fingerprint density at radius 2 is 1.85 bits per heavy atom. The van der Waals surface area contributed by atoms with Crippen LogP contribution in [0.15, 0.2) is 18.2 Å². The van der Waals surface area contributed by atoms with Gasteiger partial charge < -0.3 is 15.2 Å². The van der Waals surface area contributed by atoms with Gasteiger partial charge in [0.1, 0.15) is 5.82 Å². The summed E-state index contributed by atoms with van der Waals surface area (Å²) in [7, 11) is 0. The molecule has 2 aliphatic carbocycles. The molecule has 2 N–H and O–H groups in total. The molecule has 1 atom stereocenters. The van der Waals surface area contributed by atoms with Crippen molar-refractivity contribution in [1.82, 2.24) is 20.1 Å². The number of rotatable bonds is 10. The van der Waals surface area contributed by atoms with Crippen LogP contribution in [0.5, 0.6) is 0 Å². The van der Waals surface area contributed by atoms with E-state index in [1.54, 1.807) is 0 Å². The fourth-order valence-corrected chi connectivity index (χ4v) is 5.31. The second-order valence-corrected chi connectivity index (χ2v) is 11.1. The first kappa shape index (κ1) is 23.9. The van der Waals surface area contributed by atoms with E-state index in [2.05, 4.69) is 61.0 Å². The van der Waals surface area contributed by atoms with Crippen molar-refractivity contribution in [1.29, 1.82) is 0 Å². The van der Waals surface area contributed by atoms with Crippen molar-refractivity contribution in [2.45, 2.75) is 104 Å². The fraction of sp³-hybridized carbons (Fsp3) is 0.667. The Morgan fingerprint density at radius 1 is 1.12 bits per heavy atom. The summed E-state index contributed by atoms with van der Waals surface area (Å²) in [5.74, 6) is 4.17. The molecule has 180 valence electrons. The van der Waals surface area contributed by atoms with Crippen LogP contribution in [0.1, 0.15) is 107 Å². The minimum absolute atomic E-state index is 0.00708. The van der Waals surface area contributed by atoms with Crippen LogP contribution in [0.3, 0.4) is 0 Å². The number of hydrogen-bond acceptors (Lipinski definition) is 4. The summed E-state index contributed by atoms with van der Waals surface area (Å²) in [5, 5.41) is 16.1. The molecule has 0 radical (unpaired) electrons. The van der Waals surface area contributed by atoms with Crippen molar-refractivity contribution >= 4 is 11.6 Å². The van der Waals surface area contributed by atoms with Crippen molar-refractivity contribution in [3.8, 4) is 0 Å². The van der Waals surface area contributed by atoms with Crippen LogP contribution in [0.2, 0.25) is 0 Å². The predicted molar refractivity (Wildman–Crippen MR) is 133 cm³/mol. The predicted octanol–water partition coefficient (Wildman–Crippen LogP) is 5.84. The summed E-state index contributed by atoms with van der Waals surface area (Å²) in [6, 6.07) is 6.71. The Kier molecular flexibility index (Phi) is 7.22. The molecule has 2 fully saturated rings. The zero-order chi connectivity index (χ0) is 23.7. The third-order valence-corrected chi connectivity index (χ3v) is 6.96. The molecule has 2 aromatic rings. The molecule has 6 heteroatoms. The fourth-order valence-electron chi connectivity index (χ4n) is 5.31. The number of amides is 1. The standard InChI is InChI=1S/C27H41N5O/c1-16(2)11-20-13-21(14-20)26-30-31-27(32(26)22-8-9-22)24(28-17(3)4)15-25(33)29-23-10-7-18(5)12-19(23)6/h7,10,12,16-17,20-22,24,28H,8-9,11,13-15H2,1-6H3,(H,29,33)/t20-,21+,24-/m0/s1. The van der Waals surface area contributed by atoms with Crippen LogP contribution in [0.4, 0.5) is 5.69 Å². The van der Waals surface area contributed by atoms with E-state index < -0.39 is 0 Å². The number of anilines is 1. The summed E-state index contributed by atoms with van der Waals surface area (Å²) in [6.07, 6.45) is 6.46. The SMILES string of the molecule is Cc1ccc(NC(=O)C[C@H](NC(C)C)c2nnc([C@H]3C[C@@H](CC(C)C)C3)n2C2CC2)c(C)c1. The molecule has 33 heavy (non-hydrogen) atoms. The molecular formula is C27H41N5O. The molecule has 0 saturated heterocycles. The molecule has 4 rings (SSSR count). The molecule has 2 saturated carbocycles. The number of aryl methyl sites for hydroxylation is 2. The maximum absolute atomic E-state index is 13.1. The molecule has 0 aliphatic heterocycles. The van der Waals surface area contributed by atoms with Gasteiger partial charge in [0.2, 0.25) is 5.91 Å². The largest absolute Gasteiger partial charge is 0.326 e. The van der Waals surface area contributed by atoms with Crippen molar-refractivity contribution in [2.75, 3.05) is 5.32 Å². The zero-order valence-corrected chi connectivity index (χ0v) is 21.2. The number of nitrogens with zero attached hydrogens (tertiary/aromatic N) is 3. The number of benzene rings is 1. The highest BCUT2D eigenvalue weighted by molar-refractivity contribution is 5.91. The lowest BCUT2D eigenvalue weighted by Gasteiger charge is -2.36. The molecule has 1 heterocycles. The molecule has 0 spiro atoms. The highest BCUT2D eigenvalue weighted by Gasteiger charge is 2.39. The van der Waals surface area contributed by atoms with E-state index in [1.807, 2.05) is 19.1 Å². The van der Waals surface area contributed by atoms with Gasteiger partial charge in [-0.1, -0.05) is 45.4 Å². The first-order valence-electron chi connectivity index (χ1n) is 12.8. The molecule has 0 bridgehead atoms. The van der Waals surface area contributed by atoms with E-state index >= 15 is 0 Å². The monoisotopic (exact) mass is 451 g/mol. The molecule has 2 aliphatic rings. The highest BCUT2D eigenvalue weighted by atomic mass is 16.1. The van der Waals surface area contributed by atoms with Crippen LogP contribution in [-0.4, -0.2) is 26.7 Å². The lowest BCUT2D eigenvalue weighted by Crippen LogP contribution is -2.34. The summed E-state index contributed by atoms with van der Waals surface area (Å²) in [6.45, 7) is 13.0. The number of carbonyl (C=O) groups is 1. The van der Waals surface area contributed by atoms with Crippen molar-refractivity contribution < 1.29 is 4.79 Å². The Bertz CT molecular complexity index is 969. The van der Waals surface area contributed by atoms with E-state index in [4.69, 9.17) is 5.10 Å². The van der Waals surface area contributed by atoms with Gasteiger partial charge in [-0.05, 0) is 69.4 Å². The van der Waals surface area contributed by atoms with Gasteiger partial charge in [0.15, 0.2) is 5.82 Å². The summed E-state index contributed by atoms with van der Waals surface area (Å²) in [4.78, 5) is 13.1. The topological polar surface area (TPSA) is 71.8 Å². The van der Waals surface area contributed by atoms with Gasteiger partial charge in [-0.2, -0.15) is 0 Å². The number of nitrogens with one attached hydrogen (secondary N) is 2. The molecule has 6 nitrogen and oxygen atoms in total. The summed E-state index contributed by atoms with van der Waals surface area (Å²) < 4.78 is 2.39. The number of hydrogen-bond donors (Lipinski definition) is 2. The van der Waals surface area contributed by atoms with Crippen LogP contribution in [0, 0.1) is 25.7 Å². The summed E-state index contributed by atoms with van der Waals surface area (Å²) in [5.41, 5.74) is 3.16. The molecule has 0 unspecified atom stereocenters. The normalized spacial score (nSPS) is 21.3. The second-order valence-electron chi connectivity index (χ2n) is 11.1. The van der Waals surface area contributed by atoms with E-state index in [-0.39, 0.29) is 18.0 Å². The van der Waals surface area contributed by atoms with E-state index in [0.29, 0.717) is 18.4 Å². The average Bonchev–Trinajstić information content (AvgIpc) is 3.44. The smallest absolute Gasteiger partial charge is 0.226 e. The lowest BCUT2D eigenvalue weighted by molar-refractivity contribution is -0.116.